The largest absolute Gasteiger partial charge is 0.478 e. The van der Waals surface area contributed by atoms with Crippen molar-refractivity contribution in [2.45, 2.75) is 0 Å². The van der Waals surface area contributed by atoms with Crippen molar-refractivity contribution in [3.63, 3.8) is 0 Å². The van der Waals surface area contributed by atoms with Gasteiger partial charge in [-0.1, -0.05) is 18.2 Å². The summed E-state index contributed by atoms with van der Waals surface area (Å²) in [5, 5.41) is 9.03. The zero-order chi connectivity index (χ0) is 17.1. The topological polar surface area (TPSA) is 86.9 Å². The molecular formula is C18H19N3O3. The standard InChI is InChI=1S/C18H19N3O3/c19-16-12-14(6-7-15(16)18(23)24)20-8-10-21(11-9-20)17(22)13-4-2-1-3-5-13/h1-7,12H,8-11,19H2,(H,23,24). The molecule has 124 valence electrons. The van der Waals surface area contributed by atoms with Gasteiger partial charge in [-0.3, -0.25) is 4.79 Å². The first-order chi connectivity index (χ1) is 11.6. The van der Waals surface area contributed by atoms with Gasteiger partial charge >= 0.3 is 5.97 Å². The third-order valence-electron chi connectivity index (χ3n) is 4.22. The smallest absolute Gasteiger partial charge is 0.337 e. The van der Waals surface area contributed by atoms with Crippen LogP contribution in [0.5, 0.6) is 0 Å². The molecule has 0 radical (unpaired) electrons. The van der Waals surface area contributed by atoms with Crippen LogP contribution < -0.4 is 10.6 Å². The Bertz CT molecular complexity index is 753. The quantitative estimate of drug-likeness (QED) is 0.842. The molecule has 0 aromatic heterocycles. The number of hydrogen-bond acceptors (Lipinski definition) is 4. The fraction of sp³-hybridized carbons (Fsp3) is 0.222. The van der Waals surface area contributed by atoms with Gasteiger partial charge in [-0.05, 0) is 30.3 Å². The van der Waals surface area contributed by atoms with Gasteiger partial charge in [-0.15, -0.1) is 0 Å². The Morgan fingerprint density at radius 2 is 1.62 bits per heavy atom. The van der Waals surface area contributed by atoms with Crippen LogP contribution in [0, 0.1) is 0 Å². The Morgan fingerprint density at radius 1 is 0.958 bits per heavy atom. The highest BCUT2D eigenvalue weighted by Crippen LogP contribution is 2.23. The summed E-state index contributed by atoms with van der Waals surface area (Å²) in [5.74, 6) is -0.992. The van der Waals surface area contributed by atoms with Gasteiger partial charge in [0.15, 0.2) is 0 Å². The van der Waals surface area contributed by atoms with E-state index in [0.29, 0.717) is 31.7 Å². The maximum atomic E-state index is 12.4. The number of carbonyl (C=O) groups excluding carboxylic acids is 1. The minimum absolute atomic E-state index is 0.0380. The minimum Gasteiger partial charge on any atom is -0.478 e. The molecule has 0 atom stereocenters. The van der Waals surface area contributed by atoms with Gasteiger partial charge in [0, 0.05) is 43.1 Å². The number of hydrogen-bond donors (Lipinski definition) is 2. The average Bonchev–Trinajstić information content (AvgIpc) is 2.61. The third-order valence-corrected chi connectivity index (χ3v) is 4.22. The second kappa shape index (κ2) is 6.62. The molecule has 2 aromatic rings. The second-order valence-corrected chi connectivity index (χ2v) is 5.72. The van der Waals surface area contributed by atoms with Gasteiger partial charge < -0.3 is 20.6 Å². The molecule has 2 aromatic carbocycles. The van der Waals surface area contributed by atoms with Crippen molar-refractivity contribution in [3.8, 4) is 0 Å². The maximum Gasteiger partial charge on any atom is 0.337 e. The normalized spacial score (nSPS) is 14.5. The molecule has 0 aliphatic carbocycles. The molecule has 0 bridgehead atoms. The van der Waals surface area contributed by atoms with Crippen molar-refractivity contribution in [3.05, 3.63) is 59.7 Å². The number of rotatable bonds is 3. The van der Waals surface area contributed by atoms with E-state index in [9.17, 15) is 9.59 Å². The van der Waals surface area contributed by atoms with Crippen LogP contribution in [0.25, 0.3) is 0 Å². The number of carboxylic acids is 1. The molecule has 0 saturated carbocycles. The van der Waals surface area contributed by atoms with E-state index in [-0.39, 0.29) is 17.2 Å². The van der Waals surface area contributed by atoms with E-state index in [1.165, 1.54) is 6.07 Å². The molecule has 1 fully saturated rings. The Labute approximate surface area is 140 Å². The molecule has 0 unspecified atom stereocenters. The summed E-state index contributed by atoms with van der Waals surface area (Å²) in [7, 11) is 0. The SMILES string of the molecule is Nc1cc(N2CCN(C(=O)c3ccccc3)CC2)ccc1C(=O)O. The van der Waals surface area contributed by atoms with Crippen molar-refractivity contribution in [2.24, 2.45) is 0 Å². The molecule has 1 aliphatic rings. The van der Waals surface area contributed by atoms with E-state index < -0.39 is 5.97 Å². The zero-order valence-electron chi connectivity index (χ0n) is 13.2. The molecule has 6 heteroatoms. The Balaban J connectivity index is 1.66. The van der Waals surface area contributed by atoms with Crippen LogP contribution in [0.15, 0.2) is 48.5 Å². The summed E-state index contributed by atoms with van der Waals surface area (Å²) in [6.07, 6.45) is 0. The number of benzene rings is 2. The van der Waals surface area contributed by atoms with Crippen LogP contribution in [0.4, 0.5) is 11.4 Å². The number of nitrogens with zero attached hydrogens (tertiary/aromatic N) is 2. The van der Waals surface area contributed by atoms with E-state index in [1.807, 2.05) is 35.2 Å². The molecule has 0 spiro atoms. The molecule has 1 heterocycles. The van der Waals surface area contributed by atoms with Crippen LogP contribution in [0.1, 0.15) is 20.7 Å². The molecule has 24 heavy (non-hydrogen) atoms. The van der Waals surface area contributed by atoms with E-state index in [0.717, 1.165) is 5.69 Å². The number of aromatic carboxylic acids is 1. The Kier molecular flexibility index (Phi) is 4.37. The van der Waals surface area contributed by atoms with Gasteiger partial charge in [-0.2, -0.15) is 0 Å². The van der Waals surface area contributed by atoms with Gasteiger partial charge in [-0.25, -0.2) is 4.79 Å². The highest BCUT2D eigenvalue weighted by molar-refractivity contribution is 5.95. The molecular weight excluding hydrogens is 306 g/mol. The van der Waals surface area contributed by atoms with E-state index in [4.69, 9.17) is 10.8 Å². The van der Waals surface area contributed by atoms with Crippen molar-refractivity contribution in [1.29, 1.82) is 0 Å². The van der Waals surface area contributed by atoms with Gasteiger partial charge in [0.2, 0.25) is 0 Å². The van der Waals surface area contributed by atoms with E-state index in [2.05, 4.69) is 4.90 Å². The van der Waals surface area contributed by atoms with Crippen molar-refractivity contribution in [2.75, 3.05) is 36.8 Å². The fourth-order valence-corrected chi connectivity index (χ4v) is 2.87. The summed E-state index contributed by atoms with van der Waals surface area (Å²) in [5.41, 5.74) is 7.74. The van der Waals surface area contributed by atoms with Gasteiger partial charge in [0.25, 0.3) is 5.91 Å². The van der Waals surface area contributed by atoms with E-state index in [1.54, 1.807) is 12.1 Å². The number of carboxylic acid groups (broad SMARTS) is 1. The number of nitrogen functional groups attached to an aromatic ring is 1. The number of piperazine rings is 1. The second-order valence-electron chi connectivity index (χ2n) is 5.72. The number of amides is 1. The number of carbonyl (C=O) groups is 2. The summed E-state index contributed by atoms with van der Waals surface area (Å²) in [4.78, 5) is 27.4. The van der Waals surface area contributed by atoms with Crippen LogP contribution >= 0.6 is 0 Å². The van der Waals surface area contributed by atoms with E-state index >= 15 is 0 Å². The number of anilines is 2. The maximum absolute atomic E-state index is 12.4. The first-order valence-corrected chi connectivity index (χ1v) is 7.78. The molecule has 3 N–H and O–H groups in total. The van der Waals surface area contributed by atoms with Crippen LogP contribution in [-0.4, -0.2) is 48.1 Å². The van der Waals surface area contributed by atoms with Gasteiger partial charge in [0.05, 0.1) is 5.56 Å². The fourth-order valence-electron chi connectivity index (χ4n) is 2.87. The lowest BCUT2D eigenvalue weighted by Gasteiger charge is -2.36. The summed E-state index contributed by atoms with van der Waals surface area (Å²) >= 11 is 0. The summed E-state index contributed by atoms with van der Waals surface area (Å²) < 4.78 is 0. The first-order valence-electron chi connectivity index (χ1n) is 7.78. The highest BCUT2D eigenvalue weighted by atomic mass is 16.4. The van der Waals surface area contributed by atoms with Crippen LogP contribution in [0.2, 0.25) is 0 Å². The van der Waals surface area contributed by atoms with Crippen molar-refractivity contribution < 1.29 is 14.7 Å². The lowest BCUT2D eigenvalue weighted by atomic mass is 10.1. The zero-order valence-corrected chi connectivity index (χ0v) is 13.2. The van der Waals surface area contributed by atoms with Crippen LogP contribution in [0.3, 0.4) is 0 Å². The van der Waals surface area contributed by atoms with Gasteiger partial charge in [0.1, 0.15) is 0 Å². The summed E-state index contributed by atoms with van der Waals surface area (Å²) in [6.45, 7) is 2.61. The number of nitrogens with two attached hydrogens (primary N) is 1. The molecule has 3 rings (SSSR count). The first kappa shape index (κ1) is 15.9. The summed E-state index contributed by atoms with van der Waals surface area (Å²) in [6, 6.07) is 14.2. The Hall–Kier alpha value is -3.02. The molecule has 1 aliphatic heterocycles. The van der Waals surface area contributed by atoms with Crippen LogP contribution in [-0.2, 0) is 0 Å². The monoisotopic (exact) mass is 325 g/mol. The average molecular weight is 325 g/mol. The van der Waals surface area contributed by atoms with Crippen molar-refractivity contribution >= 4 is 23.3 Å². The Morgan fingerprint density at radius 3 is 2.21 bits per heavy atom. The predicted molar refractivity (Wildman–Crippen MR) is 92.4 cm³/mol. The lowest BCUT2D eigenvalue weighted by molar-refractivity contribution is 0.0696. The minimum atomic E-state index is -1.03. The highest BCUT2D eigenvalue weighted by Gasteiger charge is 2.22. The van der Waals surface area contributed by atoms with Crippen molar-refractivity contribution in [1.82, 2.24) is 4.90 Å². The molecule has 1 saturated heterocycles. The lowest BCUT2D eigenvalue weighted by Crippen LogP contribution is -2.48. The molecule has 6 nitrogen and oxygen atoms in total. The predicted octanol–water partition coefficient (Wildman–Crippen LogP) is 1.93. The third kappa shape index (κ3) is 3.17. The molecule has 1 amide bonds.